The average Bonchev–Trinajstić information content (AvgIpc) is 2.79. The van der Waals surface area contributed by atoms with E-state index in [0.717, 1.165) is 6.07 Å². The first-order chi connectivity index (χ1) is 10.6. The first-order valence-corrected chi connectivity index (χ1v) is 6.48. The number of hydrogen-bond donors (Lipinski definition) is 0. The molecule has 1 aliphatic heterocycles. The fourth-order valence-corrected chi connectivity index (χ4v) is 2.47. The molecule has 112 valence electrons. The highest BCUT2D eigenvalue weighted by Crippen LogP contribution is 2.33. The number of carbonyl (C=O) groups is 1. The van der Waals surface area contributed by atoms with Gasteiger partial charge in [0, 0.05) is 6.07 Å². The number of methoxy groups -OCH3 is 2. The lowest BCUT2D eigenvalue weighted by molar-refractivity contribution is -0.355. The second kappa shape index (κ2) is 5.14. The number of halogens is 1. The summed E-state index contributed by atoms with van der Waals surface area (Å²) in [6.45, 7) is 0. The van der Waals surface area contributed by atoms with Gasteiger partial charge >= 0.3 is 0 Å². The summed E-state index contributed by atoms with van der Waals surface area (Å²) in [6, 6.07) is 8.62. The van der Waals surface area contributed by atoms with Gasteiger partial charge in [0.25, 0.3) is 11.5 Å². The van der Waals surface area contributed by atoms with Gasteiger partial charge in [-0.2, -0.15) is 4.74 Å². The Kier molecular flexibility index (Phi) is 3.29. The zero-order chi connectivity index (χ0) is 15.9. The molecule has 5 nitrogen and oxygen atoms in total. The molecular formula is C16H12FNO4. The highest BCUT2D eigenvalue weighted by Gasteiger charge is 2.39. The molecule has 0 aromatic heterocycles. The minimum absolute atomic E-state index is 0.00906. The maximum Gasteiger partial charge on any atom is 0.273 e. The summed E-state index contributed by atoms with van der Waals surface area (Å²) in [5.41, 5.74) is 0.00590. The van der Waals surface area contributed by atoms with Gasteiger partial charge in [-0.05, 0) is 24.3 Å². The largest absolute Gasteiger partial charge is 0.618 e. The zero-order valence-electron chi connectivity index (χ0n) is 11.9. The SMILES string of the molecule is COc1ccc(C2=[N+]([O-])c3cccc(F)c3C2=O)cc1OC. The summed E-state index contributed by atoms with van der Waals surface area (Å²) in [5.74, 6) is -0.502. The molecule has 0 aliphatic carbocycles. The molecule has 1 aliphatic rings. The number of ether oxygens (including phenoxy) is 2. The molecular weight excluding hydrogens is 289 g/mol. The molecule has 0 N–H and O–H groups in total. The van der Waals surface area contributed by atoms with E-state index in [-0.39, 0.29) is 17.0 Å². The monoisotopic (exact) mass is 301 g/mol. The normalized spacial score (nSPS) is 13.3. The first-order valence-electron chi connectivity index (χ1n) is 6.48. The second-order valence-electron chi connectivity index (χ2n) is 4.68. The van der Waals surface area contributed by atoms with Crippen LogP contribution in [-0.4, -0.2) is 30.5 Å². The van der Waals surface area contributed by atoms with Crippen molar-refractivity contribution in [2.24, 2.45) is 0 Å². The number of fused-ring (bicyclic) bond motifs is 1. The number of rotatable bonds is 3. The molecule has 2 aromatic rings. The lowest BCUT2D eigenvalue weighted by Crippen LogP contribution is -2.17. The quantitative estimate of drug-likeness (QED) is 0.646. The molecule has 0 spiro atoms. The molecule has 1 heterocycles. The average molecular weight is 301 g/mol. The van der Waals surface area contributed by atoms with Crippen LogP contribution in [0.5, 0.6) is 11.5 Å². The van der Waals surface area contributed by atoms with Crippen LogP contribution in [0.1, 0.15) is 15.9 Å². The third kappa shape index (κ3) is 1.92. The van der Waals surface area contributed by atoms with E-state index in [1.54, 1.807) is 12.1 Å². The Morgan fingerprint density at radius 2 is 1.82 bits per heavy atom. The van der Waals surface area contributed by atoms with E-state index in [9.17, 15) is 14.4 Å². The highest BCUT2D eigenvalue weighted by molar-refractivity contribution is 6.52. The van der Waals surface area contributed by atoms with E-state index < -0.39 is 11.6 Å². The Labute approximate surface area is 125 Å². The van der Waals surface area contributed by atoms with Crippen molar-refractivity contribution in [1.82, 2.24) is 0 Å². The molecule has 0 amide bonds. The third-order valence-corrected chi connectivity index (χ3v) is 3.51. The van der Waals surface area contributed by atoms with Gasteiger partial charge in [-0.25, -0.2) is 4.39 Å². The molecule has 0 bridgehead atoms. The topological polar surface area (TPSA) is 61.6 Å². The standard InChI is InChI=1S/C16H12FNO4/c1-21-12-7-6-9(8-13(12)22-2)15-16(19)14-10(17)4-3-5-11(14)18(15)20/h3-8H,1-2H3. The predicted octanol–water partition coefficient (Wildman–Crippen LogP) is 2.67. The van der Waals surface area contributed by atoms with Gasteiger partial charge in [0.05, 0.1) is 19.8 Å². The number of nitrogens with zero attached hydrogens (tertiary/aromatic N) is 1. The minimum atomic E-state index is -0.709. The van der Waals surface area contributed by atoms with E-state index in [1.165, 1.54) is 32.4 Å². The minimum Gasteiger partial charge on any atom is -0.618 e. The van der Waals surface area contributed by atoms with Crippen molar-refractivity contribution in [3.8, 4) is 11.5 Å². The van der Waals surface area contributed by atoms with Gasteiger partial charge in [0.2, 0.25) is 5.69 Å². The van der Waals surface area contributed by atoms with Crippen LogP contribution in [0.25, 0.3) is 0 Å². The fourth-order valence-electron chi connectivity index (χ4n) is 2.47. The second-order valence-corrected chi connectivity index (χ2v) is 4.68. The smallest absolute Gasteiger partial charge is 0.273 e. The summed E-state index contributed by atoms with van der Waals surface area (Å²) in [5, 5.41) is 12.3. The van der Waals surface area contributed by atoms with Gasteiger partial charge in [0.1, 0.15) is 11.4 Å². The van der Waals surface area contributed by atoms with Crippen LogP contribution in [0, 0.1) is 11.0 Å². The fraction of sp³-hybridized carbons (Fsp3) is 0.125. The van der Waals surface area contributed by atoms with E-state index in [4.69, 9.17) is 9.47 Å². The molecule has 0 radical (unpaired) electrons. The lowest BCUT2D eigenvalue weighted by Gasteiger charge is -2.08. The van der Waals surface area contributed by atoms with Crippen LogP contribution >= 0.6 is 0 Å². The molecule has 6 heteroatoms. The van der Waals surface area contributed by atoms with Gasteiger partial charge in [-0.1, -0.05) is 6.07 Å². The molecule has 0 saturated carbocycles. The molecule has 3 rings (SSSR count). The van der Waals surface area contributed by atoms with E-state index >= 15 is 0 Å². The Morgan fingerprint density at radius 1 is 1.09 bits per heavy atom. The van der Waals surface area contributed by atoms with Crippen molar-refractivity contribution < 1.29 is 23.4 Å². The summed E-state index contributed by atoms with van der Waals surface area (Å²) in [7, 11) is 2.93. The van der Waals surface area contributed by atoms with Crippen molar-refractivity contribution in [3.63, 3.8) is 0 Å². The molecule has 22 heavy (non-hydrogen) atoms. The van der Waals surface area contributed by atoms with Crippen molar-refractivity contribution in [3.05, 3.63) is 58.5 Å². The number of carbonyl (C=O) groups excluding carboxylic acids is 1. The zero-order valence-corrected chi connectivity index (χ0v) is 11.9. The van der Waals surface area contributed by atoms with Crippen LogP contribution in [0.15, 0.2) is 36.4 Å². The molecule has 0 fully saturated rings. The molecule has 0 atom stereocenters. The van der Waals surface area contributed by atoms with Crippen molar-refractivity contribution in [2.45, 2.75) is 0 Å². The van der Waals surface area contributed by atoms with Crippen LogP contribution in [0.4, 0.5) is 10.1 Å². The maximum absolute atomic E-state index is 13.8. The first kappa shape index (κ1) is 14.1. The van der Waals surface area contributed by atoms with Gasteiger partial charge in [-0.3, -0.25) is 4.79 Å². The van der Waals surface area contributed by atoms with Crippen LogP contribution in [0.2, 0.25) is 0 Å². The van der Waals surface area contributed by atoms with Crippen molar-refractivity contribution >= 4 is 17.2 Å². The number of Topliss-reactive ketones (excluding diaryl/α,β-unsaturated/α-hetero) is 1. The number of hydrogen-bond acceptors (Lipinski definition) is 4. The van der Waals surface area contributed by atoms with Crippen molar-refractivity contribution in [2.75, 3.05) is 14.2 Å². The predicted molar refractivity (Wildman–Crippen MR) is 77.7 cm³/mol. The maximum atomic E-state index is 13.8. The summed E-state index contributed by atoms with van der Waals surface area (Å²) in [4.78, 5) is 12.4. The number of ketones is 1. The van der Waals surface area contributed by atoms with E-state index in [0.29, 0.717) is 21.8 Å². The summed E-state index contributed by atoms with van der Waals surface area (Å²) in [6.07, 6.45) is 0. The number of benzene rings is 2. The Balaban J connectivity index is 2.16. The Morgan fingerprint density at radius 3 is 2.45 bits per heavy atom. The Bertz CT molecular complexity index is 814. The van der Waals surface area contributed by atoms with Crippen LogP contribution in [0.3, 0.4) is 0 Å². The molecule has 0 saturated heterocycles. The van der Waals surface area contributed by atoms with Gasteiger partial charge in [0.15, 0.2) is 11.5 Å². The Hall–Kier alpha value is -2.89. The summed E-state index contributed by atoms with van der Waals surface area (Å²) >= 11 is 0. The summed E-state index contributed by atoms with van der Waals surface area (Å²) < 4.78 is 24.6. The molecule has 0 unspecified atom stereocenters. The van der Waals surface area contributed by atoms with Gasteiger partial charge in [-0.15, -0.1) is 0 Å². The highest BCUT2D eigenvalue weighted by atomic mass is 19.1. The van der Waals surface area contributed by atoms with E-state index in [1.807, 2.05) is 0 Å². The van der Waals surface area contributed by atoms with E-state index in [2.05, 4.69) is 0 Å². The van der Waals surface area contributed by atoms with Crippen LogP contribution in [-0.2, 0) is 0 Å². The molecule has 2 aromatic carbocycles. The van der Waals surface area contributed by atoms with Crippen molar-refractivity contribution in [1.29, 1.82) is 0 Å². The van der Waals surface area contributed by atoms with Gasteiger partial charge < -0.3 is 14.7 Å². The lowest BCUT2D eigenvalue weighted by atomic mass is 10.0. The third-order valence-electron chi connectivity index (χ3n) is 3.51. The van der Waals surface area contributed by atoms with Crippen LogP contribution < -0.4 is 9.47 Å².